The van der Waals surface area contributed by atoms with Crippen LogP contribution in [0.25, 0.3) is 0 Å². The Morgan fingerprint density at radius 2 is 2.11 bits per heavy atom. The molecule has 0 saturated heterocycles. The van der Waals surface area contributed by atoms with Gasteiger partial charge >= 0.3 is 0 Å². The molecule has 1 aromatic heterocycles. The molecule has 6 heteroatoms. The highest BCUT2D eigenvalue weighted by molar-refractivity contribution is 5.92. The number of hydrogen-bond donors (Lipinski definition) is 2. The first-order valence-corrected chi connectivity index (χ1v) is 5.61. The molecule has 0 spiro atoms. The summed E-state index contributed by atoms with van der Waals surface area (Å²) >= 11 is 0. The minimum absolute atomic E-state index is 0.418. The minimum Gasteiger partial charge on any atom is -0.366 e. The number of carbonyl (C=O) groups is 1. The molecule has 2 rings (SSSR count). The van der Waals surface area contributed by atoms with E-state index in [1.165, 1.54) is 0 Å². The molecule has 1 amide bonds. The van der Waals surface area contributed by atoms with Gasteiger partial charge in [0.1, 0.15) is 0 Å². The SMILES string of the molecule is CNCc1cn(Cc2ccc(C(N)=O)cc2)nn1. The summed E-state index contributed by atoms with van der Waals surface area (Å²) in [5.74, 6) is -0.418. The van der Waals surface area contributed by atoms with E-state index in [0.717, 1.165) is 11.3 Å². The van der Waals surface area contributed by atoms with Gasteiger partial charge in [-0.15, -0.1) is 5.10 Å². The van der Waals surface area contributed by atoms with Crippen LogP contribution in [0.4, 0.5) is 0 Å². The lowest BCUT2D eigenvalue weighted by molar-refractivity contribution is 0.100. The van der Waals surface area contributed by atoms with Crippen molar-refractivity contribution in [2.45, 2.75) is 13.1 Å². The molecule has 0 aliphatic carbocycles. The van der Waals surface area contributed by atoms with Crippen molar-refractivity contribution in [3.8, 4) is 0 Å². The van der Waals surface area contributed by atoms with Crippen molar-refractivity contribution in [1.82, 2.24) is 20.3 Å². The zero-order valence-corrected chi connectivity index (χ0v) is 10.1. The summed E-state index contributed by atoms with van der Waals surface area (Å²) in [6.45, 7) is 1.32. The molecule has 0 unspecified atom stereocenters. The molecule has 2 aromatic rings. The maximum atomic E-state index is 10.9. The van der Waals surface area contributed by atoms with E-state index in [9.17, 15) is 4.79 Å². The second-order valence-corrected chi connectivity index (χ2v) is 4.00. The third kappa shape index (κ3) is 2.92. The van der Waals surface area contributed by atoms with Crippen LogP contribution in [0.1, 0.15) is 21.6 Å². The van der Waals surface area contributed by atoms with Crippen molar-refractivity contribution in [3.05, 3.63) is 47.3 Å². The summed E-state index contributed by atoms with van der Waals surface area (Å²) in [6, 6.07) is 7.14. The van der Waals surface area contributed by atoms with Gasteiger partial charge in [0.2, 0.25) is 5.91 Å². The fraction of sp³-hybridized carbons (Fsp3) is 0.250. The van der Waals surface area contributed by atoms with Crippen LogP contribution in [0.5, 0.6) is 0 Å². The van der Waals surface area contributed by atoms with E-state index >= 15 is 0 Å². The Labute approximate surface area is 105 Å². The molecule has 1 heterocycles. The standard InChI is InChI=1S/C12H15N5O/c1-14-6-11-8-17(16-15-11)7-9-2-4-10(5-3-9)12(13)18/h2-5,8,14H,6-7H2,1H3,(H2,13,18). The number of hydrogen-bond acceptors (Lipinski definition) is 4. The maximum absolute atomic E-state index is 10.9. The Balaban J connectivity index is 2.06. The molecule has 0 aliphatic rings. The third-order valence-electron chi connectivity index (χ3n) is 2.53. The third-order valence-corrected chi connectivity index (χ3v) is 2.53. The predicted octanol–water partition coefficient (Wildman–Crippen LogP) is 0.145. The van der Waals surface area contributed by atoms with Crippen molar-refractivity contribution in [1.29, 1.82) is 0 Å². The normalized spacial score (nSPS) is 10.5. The van der Waals surface area contributed by atoms with Crippen LogP contribution in [0.3, 0.4) is 0 Å². The summed E-state index contributed by atoms with van der Waals surface area (Å²) in [5.41, 5.74) is 7.62. The fourth-order valence-corrected chi connectivity index (χ4v) is 1.64. The van der Waals surface area contributed by atoms with Gasteiger partial charge in [0, 0.05) is 12.1 Å². The van der Waals surface area contributed by atoms with Crippen molar-refractivity contribution < 1.29 is 4.79 Å². The van der Waals surface area contributed by atoms with Crippen LogP contribution in [0, 0.1) is 0 Å². The zero-order chi connectivity index (χ0) is 13.0. The molecule has 0 atom stereocenters. The molecule has 0 aliphatic heterocycles. The number of nitrogens with zero attached hydrogens (tertiary/aromatic N) is 3. The van der Waals surface area contributed by atoms with Gasteiger partial charge in [-0.2, -0.15) is 0 Å². The van der Waals surface area contributed by atoms with Gasteiger partial charge in [-0.1, -0.05) is 17.3 Å². The fourth-order valence-electron chi connectivity index (χ4n) is 1.64. The highest BCUT2D eigenvalue weighted by Crippen LogP contribution is 2.06. The highest BCUT2D eigenvalue weighted by atomic mass is 16.1. The molecule has 18 heavy (non-hydrogen) atoms. The van der Waals surface area contributed by atoms with Crippen molar-refractivity contribution in [2.75, 3.05) is 7.05 Å². The van der Waals surface area contributed by atoms with Crippen LogP contribution >= 0.6 is 0 Å². The van der Waals surface area contributed by atoms with Crippen molar-refractivity contribution in [2.24, 2.45) is 5.73 Å². The van der Waals surface area contributed by atoms with Gasteiger partial charge in [0.15, 0.2) is 0 Å². The smallest absolute Gasteiger partial charge is 0.248 e. The Hall–Kier alpha value is -2.21. The average molecular weight is 245 g/mol. The van der Waals surface area contributed by atoms with Gasteiger partial charge < -0.3 is 11.1 Å². The lowest BCUT2D eigenvalue weighted by Gasteiger charge is -2.01. The number of carbonyl (C=O) groups excluding carboxylic acids is 1. The second-order valence-electron chi connectivity index (χ2n) is 4.00. The number of nitrogens with two attached hydrogens (primary N) is 1. The zero-order valence-electron chi connectivity index (χ0n) is 10.1. The van der Waals surface area contributed by atoms with E-state index in [1.807, 2.05) is 25.4 Å². The number of aromatic nitrogens is 3. The molecular weight excluding hydrogens is 230 g/mol. The largest absolute Gasteiger partial charge is 0.366 e. The molecule has 0 fully saturated rings. The average Bonchev–Trinajstić information content (AvgIpc) is 2.78. The predicted molar refractivity (Wildman–Crippen MR) is 66.8 cm³/mol. The Morgan fingerprint density at radius 1 is 1.39 bits per heavy atom. The Kier molecular flexibility index (Phi) is 3.69. The van der Waals surface area contributed by atoms with Gasteiger partial charge in [-0.3, -0.25) is 4.79 Å². The van der Waals surface area contributed by atoms with E-state index in [2.05, 4.69) is 15.6 Å². The van der Waals surface area contributed by atoms with E-state index in [-0.39, 0.29) is 0 Å². The molecule has 0 saturated carbocycles. The first-order valence-electron chi connectivity index (χ1n) is 5.61. The Bertz CT molecular complexity index is 532. The summed E-state index contributed by atoms with van der Waals surface area (Å²) in [4.78, 5) is 10.9. The lowest BCUT2D eigenvalue weighted by Crippen LogP contribution is -2.10. The van der Waals surface area contributed by atoms with Crippen LogP contribution < -0.4 is 11.1 Å². The molecule has 94 valence electrons. The summed E-state index contributed by atoms with van der Waals surface area (Å²) < 4.78 is 1.76. The van der Waals surface area contributed by atoms with Crippen LogP contribution in [-0.2, 0) is 13.1 Å². The monoisotopic (exact) mass is 245 g/mol. The van der Waals surface area contributed by atoms with Crippen molar-refractivity contribution in [3.63, 3.8) is 0 Å². The number of amides is 1. The van der Waals surface area contributed by atoms with E-state index in [4.69, 9.17) is 5.73 Å². The lowest BCUT2D eigenvalue weighted by atomic mass is 10.1. The molecule has 6 nitrogen and oxygen atoms in total. The van der Waals surface area contributed by atoms with Crippen molar-refractivity contribution >= 4 is 5.91 Å². The minimum atomic E-state index is -0.418. The highest BCUT2D eigenvalue weighted by Gasteiger charge is 2.02. The number of primary amides is 1. The van der Waals surface area contributed by atoms with Crippen LogP contribution in [0.15, 0.2) is 30.5 Å². The first-order chi connectivity index (χ1) is 8.69. The molecular formula is C12H15N5O. The molecule has 1 aromatic carbocycles. The van der Waals surface area contributed by atoms with Gasteiger partial charge in [-0.05, 0) is 24.7 Å². The van der Waals surface area contributed by atoms with E-state index < -0.39 is 5.91 Å². The molecule has 3 N–H and O–H groups in total. The van der Waals surface area contributed by atoms with Gasteiger partial charge in [0.25, 0.3) is 0 Å². The first kappa shape index (κ1) is 12.3. The number of nitrogens with one attached hydrogen (secondary N) is 1. The molecule has 0 bridgehead atoms. The van der Waals surface area contributed by atoms with Crippen LogP contribution in [-0.4, -0.2) is 27.9 Å². The quantitative estimate of drug-likeness (QED) is 0.784. The summed E-state index contributed by atoms with van der Waals surface area (Å²) in [6.07, 6.45) is 1.89. The Morgan fingerprint density at radius 3 is 2.72 bits per heavy atom. The van der Waals surface area contributed by atoms with Crippen LogP contribution in [0.2, 0.25) is 0 Å². The van der Waals surface area contributed by atoms with Gasteiger partial charge in [0.05, 0.1) is 18.4 Å². The topological polar surface area (TPSA) is 85.8 Å². The summed E-state index contributed by atoms with van der Waals surface area (Å²) in [5, 5.41) is 11.1. The van der Waals surface area contributed by atoms with E-state index in [0.29, 0.717) is 18.7 Å². The van der Waals surface area contributed by atoms with E-state index in [1.54, 1.807) is 16.8 Å². The maximum Gasteiger partial charge on any atom is 0.248 e. The molecule has 0 radical (unpaired) electrons. The van der Waals surface area contributed by atoms with Gasteiger partial charge in [-0.25, -0.2) is 4.68 Å². The number of benzene rings is 1. The second kappa shape index (κ2) is 5.42. The number of rotatable bonds is 5. The summed E-state index contributed by atoms with van der Waals surface area (Å²) in [7, 11) is 1.86.